The van der Waals surface area contributed by atoms with Gasteiger partial charge in [-0.2, -0.15) is 0 Å². The van der Waals surface area contributed by atoms with Gasteiger partial charge in [-0.25, -0.2) is 0 Å². The fourth-order valence-corrected chi connectivity index (χ4v) is 1.84. The number of rotatable bonds is 6. The van der Waals surface area contributed by atoms with Gasteiger partial charge in [0, 0.05) is 20.1 Å². The molecule has 1 atom stereocenters. The highest BCUT2D eigenvalue weighted by atomic mass is 16.3. The van der Waals surface area contributed by atoms with Gasteiger partial charge >= 0.3 is 0 Å². The van der Waals surface area contributed by atoms with E-state index in [0.717, 1.165) is 18.8 Å². The van der Waals surface area contributed by atoms with Crippen molar-refractivity contribution in [3.05, 3.63) is 24.0 Å². The number of carbonyl (C=O) groups is 1. The number of carbonyl (C=O) groups excluding carboxylic acids is 1. The average Bonchev–Trinajstić information content (AvgIpc) is 2.40. The first-order chi connectivity index (χ1) is 8.99. The standard InChI is InChI=1S/C14H23N3O2/c1-5-17(6-2)14(19)10-16(4)12-7-8-13(11(3)18)15-9-12/h7-9,11,18H,5-6,10H2,1-4H3/t11-/m1/s1. The average molecular weight is 265 g/mol. The molecule has 1 heterocycles. The summed E-state index contributed by atoms with van der Waals surface area (Å²) < 4.78 is 0. The van der Waals surface area contributed by atoms with Crippen LogP contribution in [0.4, 0.5) is 5.69 Å². The van der Waals surface area contributed by atoms with E-state index in [4.69, 9.17) is 0 Å². The third kappa shape index (κ3) is 4.21. The van der Waals surface area contributed by atoms with Crippen molar-refractivity contribution in [3.8, 4) is 0 Å². The van der Waals surface area contributed by atoms with Crippen molar-refractivity contribution < 1.29 is 9.90 Å². The highest BCUT2D eigenvalue weighted by molar-refractivity contribution is 5.81. The topological polar surface area (TPSA) is 56.7 Å². The van der Waals surface area contributed by atoms with Gasteiger partial charge in [0.05, 0.1) is 30.2 Å². The maximum atomic E-state index is 12.0. The molecule has 5 heteroatoms. The predicted molar refractivity (Wildman–Crippen MR) is 76.1 cm³/mol. The van der Waals surface area contributed by atoms with E-state index in [1.807, 2.05) is 31.9 Å². The largest absolute Gasteiger partial charge is 0.387 e. The van der Waals surface area contributed by atoms with E-state index >= 15 is 0 Å². The Kier molecular flexibility index (Phi) is 5.76. The van der Waals surface area contributed by atoms with Gasteiger partial charge < -0.3 is 14.9 Å². The molecule has 106 valence electrons. The normalized spacial score (nSPS) is 12.1. The van der Waals surface area contributed by atoms with Crippen LogP contribution in [0, 0.1) is 0 Å². The summed E-state index contributed by atoms with van der Waals surface area (Å²) in [5.74, 6) is 0.104. The molecular formula is C14H23N3O2. The van der Waals surface area contributed by atoms with Gasteiger partial charge in [-0.3, -0.25) is 9.78 Å². The molecule has 1 amide bonds. The Morgan fingerprint density at radius 2 is 2.00 bits per heavy atom. The molecule has 0 fully saturated rings. The summed E-state index contributed by atoms with van der Waals surface area (Å²) in [4.78, 5) is 19.8. The van der Waals surface area contributed by atoms with Crippen molar-refractivity contribution in [2.24, 2.45) is 0 Å². The minimum atomic E-state index is -0.573. The Labute approximate surface area is 114 Å². The zero-order chi connectivity index (χ0) is 14.4. The zero-order valence-electron chi connectivity index (χ0n) is 12.1. The second-order valence-electron chi connectivity index (χ2n) is 4.54. The van der Waals surface area contributed by atoms with Gasteiger partial charge in [0.15, 0.2) is 0 Å². The lowest BCUT2D eigenvalue weighted by atomic mass is 10.2. The van der Waals surface area contributed by atoms with Crippen LogP contribution in [0.2, 0.25) is 0 Å². The summed E-state index contributed by atoms with van der Waals surface area (Å²) >= 11 is 0. The lowest BCUT2D eigenvalue weighted by molar-refractivity contribution is -0.129. The number of aromatic nitrogens is 1. The Hall–Kier alpha value is -1.62. The number of pyridine rings is 1. The predicted octanol–water partition coefficient (Wildman–Crippen LogP) is 1.44. The minimum absolute atomic E-state index is 0.104. The quantitative estimate of drug-likeness (QED) is 0.845. The molecule has 0 spiro atoms. The van der Waals surface area contributed by atoms with Crippen LogP contribution in [-0.2, 0) is 4.79 Å². The second-order valence-corrected chi connectivity index (χ2v) is 4.54. The summed E-state index contributed by atoms with van der Waals surface area (Å²) in [6.45, 7) is 7.40. The van der Waals surface area contributed by atoms with Gasteiger partial charge in [-0.1, -0.05) is 0 Å². The van der Waals surface area contributed by atoms with Gasteiger partial charge in [-0.05, 0) is 32.9 Å². The first-order valence-electron chi connectivity index (χ1n) is 6.62. The van der Waals surface area contributed by atoms with E-state index in [0.29, 0.717) is 12.2 Å². The maximum Gasteiger partial charge on any atom is 0.242 e. The van der Waals surface area contributed by atoms with Gasteiger partial charge in [-0.15, -0.1) is 0 Å². The van der Waals surface area contributed by atoms with Crippen LogP contribution in [0.1, 0.15) is 32.6 Å². The van der Waals surface area contributed by atoms with E-state index in [-0.39, 0.29) is 5.91 Å². The number of hydrogen-bond donors (Lipinski definition) is 1. The molecule has 0 bridgehead atoms. The smallest absolute Gasteiger partial charge is 0.242 e. The third-order valence-corrected chi connectivity index (χ3v) is 3.13. The lowest BCUT2D eigenvalue weighted by Crippen LogP contribution is -2.38. The molecule has 1 N–H and O–H groups in total. The number of aliphatic hydroxyl groups excluding tert-OH is 1. The van der Waals surface area contributed by atoms with Gasteiger partial charge in [0.2, 0.25) is 5.91 Å². The van der Waals surface area contributed by atoms with Crippen molar-refractivity contribution in [2.75, 3.05) is 31.6 Å². The molecule has 19 heavy (non-hydrogen) atoms. The molecule has 0 aliphatic rings. The molecule has 0 saturated carbocycles. The van der Waals surface area contributed by atoms with Crippen molar-refractivity contribution in [1.82, 2.24) is 9.88 Å². The molecule has 0 aliphatic heterocycles. The Morgan fingerprint density at radius 3 is 2.42 bits per heavy atom. The molecule has 0 unspecified atom stereocenters. The second kappa shape index (κ2) is 7.09. The van der Waals surface area contributed by atoms with Crippen LogP contribution in [0.3, 0.4) is 0 Å². The number of anilines is 1. The summed E-state index contributed by atoms with van der Waals surface area (Å²) in [7, 11) is 1.86. The highest BCUT2D eigenvalue weighted by Gasteiger charge is 2.13. The number of aliphatic hydroxyl groups is 1. The van der Waals surface area contributed by atoms with Crippen molar-refractivity contribution in [3.63, 3.8) is 0 Å². The van der Waals surface area contributed by atoms with E-state index < -0.39 is 6.10 Å². The van der Waals surface area contributed by atoms with E-state index in [9.17, 15) is 9.90 Å². The molecule has 0 aliphatic carbocycles. The van der Waals surface area contributed by atoms with Crippen LogP contribution < -0.4 is 4.90 Å². The van der Waals surface area contributed by atoms with Crippen molar-refractivity contribution >= 4 is 11.6 Å². The molecule has 1 aromatic heterocycles. The summed E-state index contributed by atoms with van der Waals surface area (Å²) in [6.07, 6.45) is 1.11. The summed E-state index contributed by atoms with van der Waals surface area (Å²) in [5.41, 5.74) is 1.50. The SMILES string of the molecule is CCN(CC)C(=O)CN(C)c1ccc([C@@H](C)O)nc1. The first-order valence-corrected chi connectivity index (χ1v) is 6.62. The van der Waals surface area contributed by atoms with E-state index in [1.54, 1.807) is 24.1 Å². The minimum Gasteiger partial charge on any atom is -0.387 e. The number of likely N-dealkylation sites (N-methyl/N-ethyl adjacent to an activating group) is 2. The fourth-order valence-electron chi connectivity index (χ4n) is 1.84. The Morgan fingerprint density at radius 1 is 1.37 bits per heavy atom. The fraction of sp³-hybridized carbons (Fsp3) is 0.571. The molecular weight excluding hydrogens is 242 g/mol. The highest BCUT2D eigenvalue weighted by Crippen LogP contribution is 2.15. The molecule has 5 nitrogen and oxygen atoms in total. The first kappa shape index (κ1) is 15.4. The summed E-state index contributed by atoms with van der Waals surface area (Å²) in [5, 5.41) is 9.40. The Balaban J connectivity index is 2.67. The van der Waals surface area contributed by atoms with E-state index in [2.05, 4.69) is 4.98 Å². The molecule has 1 aromatic rings. The number of nitrogens with zero attached hydrogens (tertiary/aromatic N) is 3. The molecule has 0 aromatic carbocycles. The molecule has 0 radical (unpaired) electrons. The van der Waals surface area contributed by atoms with Crippen LogP contribution >= 0.6 is 0 Å². The number of hydrogen-bond acceptors (Lipinski definition) is 4. The zero-order valence-corrected chi connectivity index (χ0v) is 12.1. The Bertz CT molecular complexity index is 400. The monoisotopic (exact) mass is 265 g/mol. The third-order valence-electron chi connectivity index (χ3n) is 3.13. The van der Waals surface area contributed by atoms with Crippen molar-refractivity contribution in [1.29, 1.82) is 0 Å². The molecule has 0 saturated heterocycles. The van der Waals surface area contributed by atoms with Gasteiger partial charge in [0.1, 0.15) is 0 Å². The van der Waals surface area contributed by atoms with Crippen LogP contribution in [-0.4, -0.2) is 47.6 Å². The number of amides is 1. The van der Waals surface area contributed by atoms with Crippen molar-refractivity contribution in [2.45, 2.75) is 26.9 Å². The van der Waals surface area contributed by atoms with Gasteiger partial charge in [0.25, 0.3) is 0 Å². The lowest BCUT2D eigenvalue weighted by Gasteiger charge is -2.24. The van der Waals surface area contributed by atoms with Crippen LogP contribution in [0.25, 0.3) is 0 Å². The molecule has 1 rings (SSSR count). The van der Waals surface area contributed by atoms with E-state index in [1.165, 1.54) is 0 Å². The maximum absolute atomic E-state index is 12.0. The van der Waals surface area contributed by atoms with Crippen LogP contribution in [0.5, 0.6) is 0 Å². The van der Waals surface area contributed by atoms with Crippen LogP contribution in [0.15, 0.2) is 18.3 Å². The summed E-state index contributed by atoms with van der Waals surface area (Å²) in [6, 6.07) is 3.64.